The van der Waals surface area contributed by atoms with Crippen molar-refractivity contribution in [3.63, 3.8) is 0 Å². The normalized spacial score (nSPS) is 15.8. The third kappa shape index (κ3) is 4.20. The molecule has 0 spiro atoms. The van der Waals surface area contributed by atoms with Crippen molar-refractivity contribution in [2.75, 3.05) is 13.1 Å². The number of nitrogens with one attached hydrogen (secondary N) is 1. The van der Waals surface area contributed by atoms with Crippen LogP contribution in [-0.4, -0.2) is 55.4 Å². The molecule has 154 valence electrons. The summed E-state index contributed by atoms with van der Waals surface area (Å²) >= 11 is 0. The summed E-state index contributed by atoms with van der Waals surface area (Å²) in [6, 6.07) is 0.422. The SMILES string of the molecule is Cc1nn(C(C)C)c2cnn(CCC(=O)N3CCC(C(=O)NC(C)C)CC3)c12. The maximum absolute atomic E-state index is 12.6. The monoisotopic (exact) mass is 388 g/mol. The van der Waals surface area contributed by atoms with Gasteiger partial charge in [-0.2, -0.15) is 10.2 Å². The Hall–Kier alpha value is -2.38. The van der Waals surface area contributed by atoms with Gasteiger partial charge in [0.1, 0.15) is 11.0 Å². The van der Waals surface area contributed by atoms with Gasteiger partial charge in [0.15, 0.2) is 0 Å². The van der Waals surface area contributed by atoms with E-state index in [1.807, 2.05) is 41.2 Å². The van der Waals surface area contributed by atoms with Crippen LogP contribution >= 0.6 is 0 Å². The molecule has 0 aromatic carbocycles. The highest BCUT2D eigenvalue weighted by molar-refractivity contribution is 5.81. The van der Waals surface area contributed by atoms with Crippen molar-refractivity contribution >= 4 is 22.8 Å². The van der Waals surface area contributed by atoms with Crippen molar-refractivity contribution < 1.29 is 9.59 Å². The zero-order valence-electron chi connectivity index (χ0n) is 17.6. The first-order valence-corrected chi connectivity index (χ1v) is 10.3. The molecule has 1 aliphatic rings. The number of carbonyl (C=O) groups excluding carboxylic acids is 2. The topological polar surface area (TPSA) is 85.1 Å². The number of nitrogens with zero attached hydrogens (tertiary/aromatic N) is 5. The fourth-order valence-corrected chi connectivity index (χ4v) is 3.89. The summed E-state index contributed by atoms with van der Waals surface area (Å²) in [7, 11) is 0. The van der Waals surface area contributed by atoms with E-state index in [4.69, 9.17) is 0 Å². The molecule has 1 fully saturated rings. The van der Waals surface area contributed by atoms with Gasteiger partial charge in [-0.25, -0.2) is 0 Å². The van der Waals surface area contributed by atoms with Gasteiger partial charge < -0.3 is 10.2 Å². The Labute approximate surface area is 166 Å². The smallest absolute Gasteiger partial charge is 0.224 e. The van der Waals surface area contributed by atoms with Crippen molar-refractivity contribution in [3.8, 4) is 0 Å². The molecule has 0 unspecified atom stereocenters. The predicted octanol–water partition coefficient (Wildman–Crippen LogP) is 2.28. The van der Waals surface area contributed by atoms with Gasteiger partial charge in [0.25, 0.3) is 0 Å². The Bertz CT molecular complexity index is 842. The molecule has 0 radical (unpaired) electrons. The van der Waals surface area contributed by atoms with Gasteiger partial charge in [-0.05, 0) is 47.5 Å². The molecule has 28 heavy (non-hydrogen) atoms. The number of aromatic nitrogens is 4. The summed E-state index contributed by atoms with van der Waals surface area (Å²) in [6.07, 6.45) is 3.71. The van der Waals surface area contributed by atoms with Crippen molar-refractivity contribution in [3.05, 3.63) is 11.9 Å². The molecule has 2 aromatic rings. The summed E-state index contributed by atoms with van der Waals surface area (Å²) in [5.74, 6) is 0.251. The Morgan fingerprint density at radius 3 is 2.50 bits per heavy atom. The number of aryl methyl sites for hydroxylation is 2. The van der Waals surface area contributed by atoms with E-state index in [0.29, 0.717) is 26.1 Å². The minimum absolute atomic E-state index is 0.0155. The van der Waals surface area contributed by atoms with Crippen LogP contribution in [0.2, 0.25) is 0 Å². The average Bonchev–Trinajstić information content (AvgIpc) is 3.20. The van der Waals surface area contributed by atoms with Crippen LogP contribution in [0.3, 0.4) is 0 Å². The van der Waals surface area contributed by atoms with E-state index >= 15 is 0 Å². The largest absolute Gasteiger partial charge is 0.354 e. The molecule has 1 N–H and O–H groups in total. The number of amides is 2. The second-order valence-corrected chi connectivity index (χ2v) is 8.29. The zero-order valence-corrected chi connectivity index (χ0v) is 17.6. The predicted molar refractivity (Wildman–Crippen MR) is 108 cm³/mol. The molecule has 0 atom stereocenters. The molecule has 2 aromatic heterocycles. The lowest BCUT2D eigenvalue weighted by Crippen LogP contribution is -2.44. The van der Waals surface area contributed by atoms with Gasteiger partial charge in [0, 0.05) is 37.5 Å². The van der Waals surface area contributed by atoms with Crippen molar-refractivity contribution in [1.82, 2.24) is 29.8 Å². The third-order valence-corrected chi connectivity index (χ3v) is 5.34. The lowest BCUT2D eigenvalue weighted by molar-refractivity contribution is -0.136. The summed E-state index contributed by atoms with van der Waals surface area (Å²) in [4.78, 5) is 26.7. The fraction of sp³-hybridized carbons (Fsp3) is 0.700. The van der Waals surface area contributed by atoms with Crippen LogP contribution in [0.1, 0.15) is 58.7 Å². The van der Waals surface area contributed by atoms with Crippen molar-refractivity contribution in [1.29, 1.82) is 0 Å². The molecule has 1 saturated heterocycles. The standard InChI is InChI=1S/C20H32N6O2/c1-13(2)22-20(28)16-6-9-24(10-7-16)18(27)8-11-25-19-15(5)23-26(14(3)4)17(19)12-21-25/h12-14,16H,6-11H2,1-5H3,(H,22,28). The molecule has 8 nitrogen and oxygen atoms in total. The second kappa shape index (κ2) is 8.32. The highest BCUT2D eigenvalue weighted by Gasteiger charge is 2.27. The number of rotatable bonds is 6. The lowest BCUT2D eigenvalue weighted by Gasteiger charge is -2.31. The van der Waals surface area contributed by atoms with Crippen LogP contribution in [0.4, 0.5) is 0 Å². The Morgan fingerprint density at radius 1 is 1.21 bits per heavy atom. The van der Waals surface area contributed by atoms with Gasteiger partial charge in [0.2, 0.25) is 11.8 Å². The molecule has 0 saturated carbocycles. The zero-order chi connectivity index (χ0) is 20.4. The Balaban J connectivity index is 1.56. The lowest BCUT2D eigenvalue weighted by atomic mass is 9.95. The van der Waals surface area contributed by atoms with Crippen molar-refractivity contribution in [2.24, 2.45) is 5.92 Å². The molecule has 8 heteroatoms. The van der Waals surface area contributed by atoms with Crippen LogP contribution < -0.4 is 5.32 Å². The number of piperidine rings is 1. The number of carbonyl (C=O) groups is 2. The molecule has 0 aliphatic carbocycles. The number of fused-ring (bicyclic) bond motifs is 1. The quantitative estimate of drug-likeness (QED) is 0.823. The summed E-state index contributed by atoms with van der Waals surface area (Å²) in [5.41, 5.74) is 2.95. The summed E-state index contributed by atoms with van der Waals surface area (Å²) < 4.78 is 3.86. The van der Waals surface area contributed by atoms with Crippen LogP contribution in [0.5, 0.6) is 0 Å². The minimum atomic E-state index is 0.0155. The summed E-state index contributed by atoms with van der Waals surface area (Å²) in [5, 5.41) is 12.0. The van der Waals surface area contributed by atoms with Crippen LogP contribution in [0, 0.1) is 12.8 Å². The number of hydrogen-bond acceptors (Lipinski definition) is 4. The molecular weight excluding hydrogens is 356 g/mol. The molecule has 2 amide bonds. The Kier molecular flexibility index (Phi) is 6.05. The number of hydrogen-bond donors (Lipinski definition) is 1. The first-order chi connectivity index (χ1) is 13.3. The van der Waals surface area contributed by atoms with E-state index in [1.165, 1.54) is 0 Å². The van der Waals surface area contributed by atoms with Gasteiger partial charge in [-0.15, -0.1) is 0 Å². The van der Waals surface area contributed by atoms with E-state index in [0.717, 1.165) is 29.6 Å². The van der Waals surface area contributed by atoms with Gasteiger partial charge in [0.05, 0.1) is 18.4 Å². The highest BCUT2D eigenvalue weighted by Crippen LogP contribution is 2.22. The number of likely N-dealkylation sites (tertiary alicyclic amines) is 1. The first kappa shape index (κ1) is 20.4. The van der Waals surface area contributed by atoms with Gasteiger partial charge >= 0.3 is 0 Å². The molecular formula is C20H32N6O2. The highest BCUT2D eigenvalue weighted by atomic mass is 16.2. The van der Waals surface area contributed by atoms with E-state index in [1.54, 1.807) is 0 Å². The first-order valence-electron chi connectivity index (χ1n) is 10.3. The van der Waals surface area contributed by atoms with E-state index in [9.17, 15) is 9.59 Å². The van der Waals surface area contributed by atoms with E-state index in [-0.39, 0.29) is 29.8 Å². The molecule has 1 aliphatic heterocycles. The fourth-order valence-electron chi connectivity index (χ4n) is 3.89. The maximum Gasteiger partial charge on any atom is 0.224 e. The maximum atomic E-state index is 12.6. The second-order valence-electron chi connectivity index (χ2n) is 8.29. The molecule has 3 heterocycles. The average molecular weight is 389 g/mol. The third-order valence-electron chi connectivity index (χ3n) is 5.34. The summed E-state index contributed by atoms with van der Waals surface area (Å²) in [6.45, 7) is 11.9. The minimum Gasteiger partial charge on any atom is -0.354 e. The van der Waals surface area contributed by atoms with E-state index in [2.05, 4.69) is 29.4 Å². The van der Waals surface area contributed by atoms with Gasteiger partial charge in [-0.3, -0.25) is 19.0 Å². The molecule has 0 bridgehead atoms. The van der Waals surface area contributed by atoms with Crippen molar-refractivity contribution in [2.45, 2.75) is 72.5 Å². The van der Waals surface area contributed by atoms with Crippen LogP contribution in [-0.2, 0) is 16.1 Å². The Morgan fingerprint density at radius 2 is 1.89 bits per heavy atom. The van der Waals surface area contributed by atoms with E-state index < -0.39 is 0 Å². The van der Waals surface area contributed by atoms with Crippen LogP contribution in [0.25, 0.3) is 11.0 Å². The van der Waals surface area contributed by atoms with Gasteiger partial charge in [-0.1, -0.05) is 0 Å². The van der Waals surface area contributed by atoms with Crippen LogP contribution in [0.15, 0.2) is 6.20 Å². The molecule has 3 rings (SSSR count).